The zero-order valence-corrected chi connectivity index (χ0v) is 32.1. The summed E-state index contributed by atoms with van der Waals surface area (Å²) in [5, 5.41) is 9.20. The predicted octanol–water partition coefficient (Wildman–Crippen LogP) is 7.01. The fourth-order valence-electron chi connectivity index (χ4n) is 5.47. The number of thiophene rings is 1. The van der Waals surface area contributed by atoms with Crippen molar-refractivity contribution in [3.05, 3.63) is 99.9 Å². The minimum absolute atomic E-state index is 0.177. The molecule has 11 nitrogen and oxygen atoms in total. The summed E-state index contributed by atoms with van der Waals surface area (Å²) < 4.78 is 19.0. The van der Waals surface area contributed by atoms with Crippen LogP contribution in [0.5, 0.6) is 5.75 Å². The Hall–Kier alpha value is -4.20. The Labute approximate surface area is 314 Å². The average molecular weight is 753 g/mol. The number of hydroxylamine groups is 1. The number of benzene rings is 3. The van der Waals surface area contributed by atoms with E-state index >= 15 is 0 Å². The molecule has 0 aliphatic carbocycles. The predicted molar refractivity (Wildman–Crippen MR) is 204 cm³/mol. The van der Waals surface area contributed by atoms with Crippen LogP contribution in [0.4, 0.5) is 4.79 Å². The van der Waals surface area contributed by atoms with E-state index in [4.69, 9.17) is 30.6 Å². The monoisotopic (exact) mass is 752 g/mol. The largest absolute Gasteiger partial charge is 0.488 e. The summed E-state index contributed by atoms with van der Waals surface area (Å²) in [7, 11) is 0. The third-order valence-corrected chi connectivity index (χ3v) is 9.15. The Balaban J connectivity index is 1.54. The van der Waals surface area contributed by atoms with E-state index in [1.54, 1.807) is 40.5 Å². The molecular weight excluding hydrogens is 704 g/mol. The van der Waals surface area contributed by atoms with Crippen LogP contribution in [0.25, 0.3) is 10.1 Å². The first-order valence-electron chi connectivity index (χ1n) is 17.3. The summed E-state index contributed by atoms with van der Waals surface area (Å²) in [6.45, 7) is 12.3. The number of amides is 4. The Morgan fingerprint density at radius 1 is 0.904 bits per heavy atom. The molecule has 2 atom stereocenters. The van der Waals surface area contributed by atoms with Crippen molar-refractivity contribution in [3.63, 3.8) is 0 Å². The SMILES string of the molecule is CCOC(OCC)[C@H](C)N(Cc1csc2ccccc12)C(=O)[C@H](Cc1ccc(OC(C)(C)C)cc1)NC(=O)CONC(=O)NCc1ccc(Cl)cc1. The van der Waals surface area contributed by atoms with Crippen LogP contribution in [-0.4, -0.2) is 66.5 Å². The summed E-state index contributed by atoms with van der Waals surface area (Å²) >= 11 is 7.53. The molecule has 1 heterocycles. The standard InChI is InChI=1S/C39H49ClN4O7S/c1-7-48-37(49-8-2)26(3)44(23-29-25-52-34-12-10-9-11-32(29)34)36(46)33(21-27-15-19-31(20-16-27)51-39(4,5)6)42-35(45)24-50-43-38(47)41-22-28-13-17-30(40)18-14-28/h9-20,25-26,33,37H,7-8,21-24H2,1-6H3,(H,42,45)(H2,41,43,47)/t26-,33-/m0/s1. The average Bonchev–Trinajstić information content (AvgIpc) is 3.52. The molecular formula is C39H49ClN4O7S. The van der Waals surface area contributed by atoms with Gasteiger partial charge in [-0.15, -0.1) is 11.3 Å². The lowest BCUT2D eigenvalue weighted by Gasteiger charge is -2.36. The molecule has 0 spiro atoms. The quantitative estimate of drug-likeness (QED) is 0.0738. The van der Waals surface area contributed by atoms with E-state index in [0.29, 0.717) is 24.0 Å². The zero-order chi connectivity index (χ0) is 37.7. The smallest absolute Gasteiger partial charge is 0.338 e. The number of rotatable bonds is 18. The molecule has 0 saturated carbocycles. The number of fused-ring (bicyclic) bond motifs is 1. The maximum absolute atomic E-state index is 14.7. The molecule has 4 rings (SSSR count). The van der Waals surface area contributed by atoms with Gasteiger partial charge >= 0.3 is 6.03 Å². The lowest BCUT2D eigenvalue weighted by molar-refractivity contribution is -0.179. The van der Waals surface area contributed by atoms with Crippen LogP contribution in [-0.2, 0) is 43.4 Å². The molecule has 13 heteroatoms. The van der Waals surface area contributed by atoms with Crippen molar-refractivity contribution in [3.8, 4) is 5.75 Å². The second-order valence-electron chi connectivity index (χ2n) is 13.1. The first-order chi connectivity index (χ1) is 24.9. The van der Waals surface area contributed by atoms with Crippen LogP contribution in [0.15, 0.2) is 78.2 Å². The number of carbonyl (C=O) groups excluding carboxylic acids is 3. The molecule has 52 heavy (non-hydrogen) atoms. The number of carbonyl (C=O) groups is 3. The van der Waals surface area contributed by atoms with Crippen molar-refractivity contribution >= 4 is 50.9 Å². The fraction of sp³-hybridized carbons (Fsp3) is 0.410. The molecule has 4 amide bonds. The van der Waals surface area contributed by atoms with Gasteiger partial charge in [0.05, 0.1) is 6.04 Å². The van der Waals surface area contributed by atoms with Crippen molar-refractivity contribution in [2.75, 3.05) is 19.8 Å². The van der Waals surface area contributed by atoms with E-state index in [9.17, 15) is 14.4 Å². The van der Waals surface area contributed by atoms with E-state index in [2.05, 4.69) is 16.1 Å². The highest BCUT2D eigenvalue weighted by molar-refractivity contribution is 7.17. The van der Waals surface area contributed by atoms with Gasteiger partial charge in [-0.25, -0.2) is 10.3 Å². The molecule has 0 aliphatic rings. The maximum atomic E-state index is 14.7. The van der Waals surface area contributed by atoms with Crippen LogP contribution >= 0.6 is 22.9 Å². The number of hydrogen-bond acceptors (Lipinski definition) is 8. The summed E-state index contributed by atoms with van der Waals surface area (Å²) in [4.78, 5) is 47.3. The number of halogens is 1. The molecule has 0 unspecified atom stereocenters. The third kappa shape index (κ3) is 12.5. The van der Waals surface area contributed by atoms with Crippen molar-refractivity contribution in [1.29, 1.82) is 0 Å². The number of hydrogen-bond donors (Lipinski definition) is 3. The molecule has 0 fully saturated rings. The minimum Gasteiger partial charge on any atom is -0.488 e. The van der Waals surface area contributed by atoms with Gasteiger partial charge in [0, 0.05) is 42.4 Å². The van der Waals surface area contributed by atoms with Crippen molar-refractivity contribution in [1.82, 2.24) is 21.0 Å². The van der Waals surface area contributed by atoms with Gasteiger partial charge in [0.2, 0.25) is 11.8 Å². The molecule has 0 saturated heterocycles. The van der Waals surface area contributed by atoms with Crippen LogP contribution in [0.3, 0.4) is 0 Å². The van der Waals surface area contributed by atoms with Crippen LogP contribution in [0, 0.1) is 0 Å². The molecule has 1 aromatic heterocycles. The van der Waals surface area contributed by atoms with E-state index in [1.807, 2.05) is 95.5 Å². The lowest BCUT2D eigenvalue weighted by Crippen LogP contribution is -2.55. The van der Waals surface area contributed by atoms with Crippen molar-refractivity contribution in [2.45, 2.75) is 85.0 Å². The summed E-state index contributed by atoms with van der Waals surface area (Å²) in [6.07, 6.45) is -0.523. The molecule has 4 aromatic rings. The highest BCUT2D eigenvalue weighted by atomic mass is 35.5. The Morgan fingerprint density at radius 3 is 2.21 bits per heavy atom. The van der Waals surface area contributed by atoms with Gasteiger partial charge in [-0.1, -0.05) is 54.1 Å². The van der Waals surface area contributed by atoms with Gasteiger partial charge in [0.15, 0.2) is 12.9 Å². The Morgan fingerprint density at radius 2 is 1.56 bits per heavy atom. The fourth-order valence-corrected chi connectivity index (χ4v) is 6.55. The topological polar surface area (TPSA) is 127 Å². The van der Waals surface area contributed by atoms with E-state index in [1.165, 1.54) is 0 Å². The van der Waals surface area contributed by atoms with E-state index in [0.717, 1.165) is 26.8 Å². The highest BCUT2D eigenvalue weighted by Crippen LogP contribution is 2.28. The van der Waals surface area contributed by atoms with Gasteiger partial charge < -0.3 is 29.7 Å². The number of nitrogens with one attached hydrogen (secondary N) is 3. The van der Waals surface area contributed by atoms with Gasteiger partial charge in [0.25, 0.3) is 0 Å². The first-order valence-corrected chi connectivity index (χ1v) is 18.6. The van der Waals surface area contributed by atoms with E-state index in [-0.39, 0.29) is 31.0 Å². The van der Waals surface area contributed by atoms with Crippen LogP contribution in [0.2, 0.25) is 5.02 Å². The number of ether oxygens (including phenoxy) is 3. The number of urea groups is 1. The van der Waals surface area contributed by atoms with Crippen molar-refractivity contribution in [2.24, 2.45) is 0 Å². The van der Waals surface area contributed by atoms with E-state index < -0.39 is 36.9 Å². The maximum Gasteiger partial charge on any atom is 0.338 e. The summed E-state index contributed by atoms with van der Waals surface area (Å²) in [5.74, 6) is -0.235. The van der Waals surface area contributed by atoms with Gasteiger partial charge in [-0.3, -0.25) is 14.4 Å². The third-order valence-electron chi connectivity index (χ3n) is 7.89. The van der Waals surface area contributed by atoms with Crippen LogP contribution < -0.4 is 20.9 Å². The Bertz CT molecular complexity index is 1740. The van der Waals surface area contributed by atoms with Gasteiger partial charge in [0.1, 0.15) is 17.4 Å². The minimum atomic E-state index is -1.000. The summed E-state index contributed by atoms with van der Waals surface area (Å²) in [5.41, 5.74) is 4.46. The normalized spacial score (nSPS) is 12.7. The van der Waals surface area contributed by atoms with Crippen molar-refractivity contribution < 1.29 is 33.4 Å². The molecule has 280 valence electrons. The highest BCUT2D eigenvalue weighted by Gasteiger charge is 2.34. The first kappa shape index (κ1) is 40.6. The van der Waals surface area contributed by atoms with Gasteiger partial charge in [-0.2, -0.15) is 0 Å². The molecule has 0 aliphatic heterocycles. The molecule has 3 aromatic carbocycles. The van der Waals surface area contributed by atoms with Gasteiger partial charge in [-0.05, 0) is 99.3 Å². The second kappa shape index (κ2) is 19.6. The number of nitrogens with zero attached hydrogens (tertiary/aromatic N) is 1. The zero-order valence-electron chi connectivity index (χ0n) is 30.6. The second-order valence-corrected chi connectivity index (χ2v) is 14.5. The summed E-state index contributed by atoms with van der Waals surface area (Å²) in [6, 6.07) is 20.3. The molecule has 3 N–H and O–H groups in total. The van der Waals surface area contributed by atoms with Crippen LogP contribution in [0.1, 0.15) is 58.2 Å². The Kier molecular flexibility index (Phi) is 15.3. The molecule has 0 radical (unpaired) electrons. The lowest BCUT2D eigenvalue weighted by atomic mass is 10.0. The molecule has 0 bridgehead atoms.